The summed E-state index contributed by atoms with van der Waals surface area (Å²) in [5, 5.41) is 10.9. The van der Waals surface area contributed by atoms with Gasteiger partial charge in [0, 0.05) is 18.5 Å². The molecule has 20 heavy (non-hydrogen) atoms. The number of hydrogen-bond acceptors (Lipinski definition) is 5. The number of aromatic nitrogens is 1. The van der Waals surface area contributed by atoms with Gasteiger partial charge in [-0.05, 0) is 31.7 Å². The van der Waals surface area contributed by atoms with Crippen molar-refractivity contribution in [3.8, 4) is 0 Å². The summed E-state index contributed by atoms with van der Waals surface area (Å²) in [4.78, 5) is 8.34. The van der Waals surface area contributed by atoms with Crippen molar-refractivity contribution in [1.82, 2.24) is 9.88 Å². The Morgan fingerprint density at radius 1 is 1.50 bits per heavy atom. The van der Waals surface area contributed by atoms with Crippen LogP contribution in [0, 0.1) is 5.41 Å². The Morgan fingerprint density at radius 2 is 2.25 bits per heavy atom. The van der Waals surface area contributed by atoms with E-state index in [1.54, 1.807) is 7.11 Å². The van der Waals surface area contributed by atoms with Crippen molar-refractivity contribution < 1.29 is 9.84 Å². The van der Waals surface area contributed by atoms with Crippen molar-refractivity contribution in [1.29, 1.82) is 0 Å². The van der Waals surface area contributed by atoms with Crippen LogP contribution < -0.4 is 0 Å². The fourth-order valence-corrected chi connectivity index (χ4v) is 4.17. The van der Waals surface area contributed by atoms with Gasteiger partial charge in [-0.15, -0.1) is 11.3 Å². The molecule has 5 heteroatoms. The van der Waals surface area contributed by atoms with Crippen molar-refractivity contribution in [3.05, 3.63) is 15.6 Å². The second kappa shape index (κ2) is 6.52. The van der Waals surface area contributed by atoms with E-state index in [2.05, 4.69) is 18.7 Å². The lowest BCUT2D eigenvalue weighted by molar-refractivity contribution is 0.0418. The highest BCUT2D eigenvalue weighted by Gasteiger charge is 2.28. The van der Waals surface area contributed by atoms with Crippen LogP contribution in [0.2, 0.25) is 0 Å². The molecule has 0 saturated heterocycles. The number of fused-ring (bicyclic) bond motifs is 1. The fourth-order valence-electron chi connectivity index (χ4n) is 2.72. The summed E-state index contributed by atoms with van der Waals surface area (Å²) in [6, 6.07) is 0. The number of rotatable bonds is 6. The molecule has 0 spiro atoms. The lowest BCUT2D eigenvalue weighted by atomic mass is 9.79. The first-order valence-corrected chi connectivity index (χ1v) is 8.04. The van der Waals surface area contributed by atoms with Gasteiger partial charge in [-0.1, -0.05) is 13.8 Å². The van der Waals surface area contributed by atoms with Crippen molar-refractivity contribution >= 4 is 11.3 Å². The van der Waals surface area contributed by atoms with Crippen LogP contribution in [-0.2, 0) is 24.1 Å². The molecule has 0 amide bonds. The maximum absolute atomic E-state index is 9.74. The lowest BCUT2D eigenvalue weighted by Crippen LogP contribution is -2.31. The third-order valence-corrected chi connectivity index (χ3v) is 4.87. The third-order valence-electron chi connectivity index (χ3n) is 3.79. The first-order valence-electron chi connectivity index (χ1n) is 7.22. The molecule has 1 N–H and O–H groups in total. The molecule has 114 valence electrons. The highest BCUT2D eigenvalue weighted by atomic mass is 32.1. The zero-order valence-corrected chi connectivity index (χ0v) is 13.8. The normalized spacial score (nSPS) is 19.1. The smallest absolute Gasteiger partial charge is 0.107 e. The SMILES string of the molecule is COC[C@H](O)CN(C)Cc1nc2c(s1)CC(C)(C)CC2. The van der Waals surface area contributed by atoms with Gasteiger partial charge in [-0.2, -0.15) is 0 Å². The average molecular weight is 298 g/mol. The zero-order valence-electron chi connectivity index (χ0n) is 13.0. The molecule has 0 saturated carbocycles. The van der Waals surface area contributed by atoms with Crippen molar-refractivity contribution in [2.75, 3.05) is 27.3 Å². The van der Waals surface area contributed by atoms with Gasteiger partial charge in [0.05, 0.1) is 24.9 Å². The van der Waals surface area contributed by atoms with Crippen LogP contribution >= 0.6 is 11.3 Å². The summed E-state index contributed by atoms with van der Waals surface area (Å²) < 4.78 is 4.95. The maximum atomic E-state index is 9.74. The number of methoxy groups -OCH3 is 1. The summed E-state index contributed by atoms with van der Waals surface area (Å²) in [6.07, 6.45) is 3.05. The van der Waals surface area contributed by atoms with E-state index < -0.39 is 6.10 Å². The summed E-state index contributed by atoms with van der Waals surface area (Å²) in [5.41, 5.74) is 1.72. The minimum atomic E-state index is -0.432. The third kappa shape index (κ3) is 4.25. The van der Waals surface area contributed by atoms with E-state index in [1.807, 2.05) is 18.4 Å². The molecular formula is C15H26N2O2S. The van der Waals surface area contributed by atoms with Crippen LogP contribution in [-0.4, -0.2) is 48.4 Å². The molecule has 0 fully saturated rings. The van der Waals surface area contributed by atoms with Crippen molar-refractivity contribution in [2.24, 2.45) is 5.41 Å². The maximum Gasteiger partial charge on any atom is 0.107 e. The minimum Gasteiger partial charge on any atom is -0.389 e. The molecule has 0 radical (unpaired) electrons. The number of ether oxygens (including phenoxy) is 1. The fraction of sp³-hybridized carbons (Fsp3) is 0.800. The largest absolute Gasteiger partial charge is 0.389 e. The second-order valence-electron chi connectivity index (χ2n) is 6.62. The quantitative estimate of drug-likeness (QED) is 0.873. The molecule has 1 aliphatic rings. The summed E-state index contributed by atoms with van der Waals surface area (Å²) in [5.74, 6) is 0. The van der Waals surface area contributed by atoms with Crippen LogP contribution in [0.4, 0.5) is 0 Å². The van der Waals surface area contributed by atoms with Crippen molar-refractivity contribution in [2.45, 2.75) is 45.8 Å². The highest BCUT2D eigenvalue weighted by molar-refractivity contribution is 7.11. The number of aliphatic hydroxyl groups is 1. The van der Waals surface area contributed by atoms with Crippen molar-refractivity contribution in [3.63, 3.8) is 0 Å². The van der Waals surface area contributed by atoms with E-state index >= 15 is 0 Å². The minimum absolute atomic E-state index is 0.382. The van der Waals surface area contributed by atoms with Crippen LogP contribution in [0.5, 0.6) is 0 Å². The Bertz CT molecular complexity index is 445. The van der Waals surface area contributed by atoms with Gasteiger partial charge in [0.1, 0.15) is 5.01 Å². The van der Waals surface area contributed by atoms with Crippen LogP contribution in [0.3, 0.4) is 0 Å². The predicted molar refractivity (Wildman–Crippen MR) is 82.1 cm³/mol. The molecule has 1 heterocycles. The number of hydrogen-bond donors (Lipinski definition) is 1. The molecule has 1 aromatic rings. The Hall–Kier alpha value is -0.490. The topological polar surface area (TPSA) is 45.6 Å². The second-order valence-corrected chi connectivity index (χ2v) is 7.79. The monoisotopic (exact) mass is 298 g/mol. The highest BCUT2D eigenvalue weighted by Crippen LogP contribution is 2.37. The van der Waals surface area contributed by atoms with E-state index in [0.717, 1.165) is 19.4 Å². The van der Waals surface area contributed by atoms with Crippen LogP contribution in [0.1, 0.15) is 35.8 Å². The summed E-state index contributed by atoms with van der Waals surface area (Å²) in [7, 11) is 3.63. The molecule has 1 atom stereocenters. The number of likely N-dealkylation sites (N-methyl/N-ethyl adjacent to an activating group) is 1. The number of thiazole rings is 1. The molecule has 1 aliphatic carbocycles. The Balaban J connectivity index is 1.93. The molecule has 0 aromatic carbocycles. The van der Waals surface area contributed by atoms with E-state index in [9.17, 15) is 5.11 Å². The lowest BCUT2D eigenvalue weighted by Gasteiger charge is -2.28. The van der Waals surface area contributed by atoms with E-state index in [-0.39, 0.29) is 0 Å². The molecular weight excluding hydrogens is 272 g/mol. The molecule has 2 rings (SSSR count). The molecule has 0 bridgehead atoms. The predicted octanol–water partition coefficient (Wildman–Crippen LogP) is 2.10. The number of nitrogens with zero attached hydrogens (tertiary/aromatic N) is 2. The molecule has 1 aromatic heterocycles. The van der Waals surface area contributed by atoms with E-state index in [1.165, 1.54) is 22.0 Å². The Labute approximate surface area is 125 Å². The Kier molecular flexibility index (Phi) is 5.18. The van der Waals surface area contributed by atoms with Gasteiger partial charge in [-0.25, -0.2) is 4.98 Å². The Morgan fingerprint density at radius 3 is 2.95 bits per heavy atom. The van der Waals surface area contributed by atoms with Gasteiger partial charge in [0.15, 0.2) is 0 Å². The van der Waals surface area contributed by atoms with Gasteiger partial charge < -0.3 is 9.84 Å². The van der Waals surface area contributed by atoms with Crippen LogP contribution in [0.25, 0.3) is 0 Å². The average Bonchev–Trinajstić information content (AvgIpc) is 2.68. The first-order chi connectivity index (χ1) is 9.39. The molecule has 0 unspecified atom stereocenters. The number of aliphatic hydroxyl groups excluding tert-OH is 1. The molecule has 4 nitrogen and oxygen atoms in total. The van der Waals surface area contributed by atoms with E-state index in [4.69, 9.17) is 9.72 Å². The molecule has 0 aliphatic heterocycles. The van der Waals surface area contributed by atoms with Crippen LogP contribution in [0.15, 0.2) is 0 Å². The first kappa shape index (κ1) is 15.9. The van der Waals surface area contributed by atoms with Gasteiger partial charge in [0.25, 0.3) is 0 Å². The standard InChI is InChI=1S/C15H26N2O2S/c1-15(2)6-5-12-13(7-15)20-14(16-12)9-17(3)8-11(18)10-19-4/h11,18H,5-10H2,1-4H3/t11-/m1/s1. The number of aryl methyl sites for hydroxylation is 1. The van der Waals surface area contributed by atoms with E-state index in [0.29, 0.717) is 18.6 Å². The zero-order chi connectivity index (χ0) is 14.8. The van der Waals surface area contributed by atoms with Gasteiger partial charge in [0.2, 0.25) is 0 Å². The summed E-state index contributed by atoms with van der Waals surface area (Å²) >= 11 is 1.84. The van der Waals surface area contributed by atoms with Gasteiger partial charge >= 0.3 is 0 Å². The summed E-state index contributed by atoms with van der Waals surface area (Å²) in [6.45, 7) is 6.47. The van der Waals surface area contributed by atoms with Gasteiger partial charge in [-0.3, -0.25) is 4.90 Å².